The van der Waals surface area contributed by atoms with Gasteiger partial charge in [0.15, 0.2) is 0 Å². The highest BCUT2D eigenvalue weighted by Crippen LogP contribution is 2.28. The molecule has 138 valence electrons. The van der Waals surface area contributed by atoms with E-state index < -0.39 is 0 Å². The highest BCUT2D eigenvalue weighted by atomic mass is 35.5. The summed E-state index contributed by atoms with van der Waals surface area (Å²) < 4.78 is 5.36. The summed E-state index contributed by atoms with van der Waals surface area (Å²) in [5, 5.41) is 1.49. The summed E-state index contributed by atoms with van der Waals surface area (Å²) >= 11 is 12.3. The third kappa shape index (κ3) is 4.88. The lowest BCUT2D eigenvalue weighted by atomic mass is 9.88. The second kappa shape index (κ2) is 8.72. The van der Waals surface area contributed by atoms with Gasteiger partial charge in [-0.3, -0.25) is 4.79 Å². The van der Waals surface area contributed by atoms with E-state index in [1.807, 2.05) is 23.1 Å². The maximum Gasteiger partial charge on any atom is 0.239 e. The van der Waals surface area contributed by atoms with Gasteiger partial charge in [-0.15, -0.1) is 0 Å². The molecule has 1 atom stereocenters. The van der Waals surface area contributed by atoms with Crippen molar-refractivity contribution in [3.63, 3.8) is 0 Å². The van der Waals surface area contributed by atoms with Gasteiger partial charge >= 0.3 is 0 Å². The highest BCUT2D eigenvalue weighted by molar-refractivity contribution is 6.33. The fourth-order valence-corrected chi connectivity index (χ4v) is 4.25. The maximum absolute atomic E-state index is 12.7. The van der Waals surface area contributed by atoms with Crippen molar-refractivity contribution in [1.29, 1.82) is 0 Å². The van der Waals surface area contributed by atoms with Gasteiger partial charge in [-0.25, -0.2) is 0 Å². The second-order valence-electron chi connectivity index (χ2n) is 7.18. The summed E-state index contributed by atoms with van der Waals surface area (Å²) in [4.78, 5) is 14.6. The maximum atomic E-state index is 12.7. The van der Waals surface area contributed by atoms with Gasteiger partial charge in [-0.2, -0.15) is 0 Å². The van der Waals surface area contributed by atoms with Crippen LogP contribution in [0.5, 0.6) is 0 Å². The van der Waals surface area contributed by atoms with E-state index in [1.165, 1.54) is 0 Å². The molecule has 25 heavy (non-hydrogen) atoms. The van der Waals surface area contributed by atoms with Crippen LogP contribution in [0.4, 0.5) is 0 Å². The second-order valence-corrected chi connectivity index (χ2v) is 8.03. The predicted octanol–water partition coefficient (Wildman–Crippen LogP) is 3.53. The molecule has 6 heteroatoms. The average Bonchev–Trinajstić information content (AvgIpc) is 2.65. The molecule has 0 saturated carbocycles. The van der Waals surface area contributed by atoms with Crippen LogP contribution in [0.3, 0.4) is 0 Å². The van der Waals surface area contributed by atoms with Crippen molar-refractivity contribution < 1.29 is 9.53 Å². The van der Waals surface area contributed by atoms with E-state index >= 15 is 0 Å². The largest absolute Gasteiger partial charge is 0.381 e. The Morgan fingerprint density at radius 2 is 1.88 bits per heavy atom. The minimum Gasteiger partial charge on any atom is -0.381 e. The molecule has 2 heterocycles. The van der Waals surface area contributed by atoms with Crippen molar-refractivity contribution in [3.05, 3.63) is 33.8 Å². The standard InChI is InChI=1S/C19H26Cl2N2O2/c20-16-1-2-17(21)15(12-16)11-13-3-7-23(8-4-13)19(24)18(22)14-5-9-25-10-6-14/h1-2,12-14,18H,3-11,22H2. The SMILES string of the molecule is NC(C(=O)N1CCC(Cc2cc(Cl)ccc2Cl)CC1)C1CCOCC1. The monoisotopic (exact) mass is 384 g/mol. The fraction of sp³-hybridized carbons (Fsp3) is 0.632. The number of halogens is 2. The Balaban J connectivity index is 1.51. The Bertz CT molecular complexity index is 597. The molecule has 3 rings (SSSR count). The molecule has 4 nitrogen and oxygen atoms in total. The molecule has 1 amide bonds. The highest BCUT2D eigenvalue weighted by Gasteiger charge is 2.32. The third-order valence-corrected chi connectivity index (χ3v) is 6.11. The van der Waals surface area contributed by atoms with Crippen LogP contribution in [0, 0.1) is 11.8 Å². The molecule has 1 aromatic rings. The number of carbonyl (C=O) groups excluding carboxylic acids is 1. The molecular formula is C19H26Cl2N2O2. The van der Waals surface area contributed by atoms with Gasteiger partial charge in [0, 0.05) is 36.3 Å². The molecule has 1 unspecified atom stereocenters. The molecule has 2 N–H and O–H groups in total. The summed E-state index contributed by atoms with van der Waals surface area (Å²) in [6.45, 7) is 2.99. The van der Waals surface area contributed by atoms with E-state index in [4.69, 9.17) is 33.7 Å². The van der Waals surface area contributed by atoms with Crippen LogP contribution in [0.25, 0.3) is 0 Å². The smallest absolute Gasteiger partial charge is 0.239 e. The van der Waals surface area contributed by atoms with E-state index in [0.717, 1.165) is 60.8 Å². The van der Waals surface area contributed by atoms with Crippen LogP contribution < -0.4 is 5.73 Å². The number of ether oxygens (including phenoxy) is 1. The molecule has 1 aromatic carbocycles. The van der Waals surface area contributed by atoms with Crippen molar-refractivity contribution in [3.8, 4) is 0 Å². The normalized spacial score (nSPS) is 21.3. The van der Waals surface area contributed by atoms with Crippen molar-refractivity contribution in [2.45, 2.75) is 38.1 Å². The number of amides is 1. The summed E-state index contributed by atoms with van der Waals surface area (Å²) in [5.41, 5.74) is 7.33. The quantitative estimate of drug-likeness (QED) is 0.863. The molecule has 0 aromatic heterocycles. The Morgan fingerprint density at radius 1 is 1.20 bits per heavy atom. The molecule has 0 radical (unpaired) electrons. The summed E-state index contributed by atoms with van der Waals surface area (Å²) in [7, 11) is 0. The topological polar surface area (TPSA) is 55.6 Å². The Kier molecular flexibility index (Phi) is 6.61. The molecular weight excluding hydrogens is 359 g/mol. The van der Waals surface area contributed by atoms with Crippen LogP contribution in [-0.2, 0) is 16.0 Å². The average molecular weight is 385 g/mol. The third-order valence-electron chi connectivity index (χ3n) is 5.50. The number of likely N-dealkylation sites (tertiary alicyclic amines) is 1. The van der Waals surface area contributed by atoms with Crippen LogP contribution >= 0.6 is 23.2 Å². The first-order chi connectivity index (χ1) is 12.0. The molecule has 2 aliphatic rings. The first-order valence-electron chi connectivity index (χ1n) is 9.10. The van der Waals surface area contributed by atoms with Crippen molar-refractivity contribution in [2.24, 2.45) is 17.6 Å². The summed E-state index contributed by atoms with van der Waals surface area (Å²) in [5.74, 6) is 0.884. The van der Waals surface area contributed by atoms with Gasteiger partial charge in [0.05, 0.1) is 6.04 Å². The van der Waals surface area contributed by atoms with Crippen molar-refractivity contribution in [2.75, 3.05) is 26.3 Å². The van der Waals surface area contributed by atoms with Crippen molar-refractivity contribution >= 4 is 29.1 Å². The van der Waals surface area contributed by atoms with E-state index in [2.05, 4.69) is 0 Å². The van der Waals surface area contributed by atoms with Crippen molar-refractivity contribution in [1.82, 2.24) is 4.90 Å². The molecule has 2 aliphatic heterocycles. The van der Waals surface area contributed by atoms with Gasteiger partial charge in [0.1, 0.15) is 0 Å². The minimum absolute atomic E-state index is 0.103. The van der Waals surface area contributed by atoms with E-state index in [-0.39, 0.29) is 17.9 Å². The number of carbonyl (C=O) groups is 1. The lowest BCUT2D eigenvalue weighted by Crippen LogP contribution is -2.51. The molecule has 0 aliphatic carbocycles. The van der Waals surface area contributed by atoms with Gasteiger partial charge in [-0.1, -0.05) is 23.2 Å². The molecule has 2 saturated heterocycles. The van der Waals surface area contributed by atoms with E-state index in [1.54, 1.807) is 0 Å². The first-order valence-corrected chi connectivity index (χ1v) is 9.86. The zero-order valence-electron chi connectivity index (χ0n) is 14.4. The number of nitrogens with two attached hydrogens (primary N) is 1. The van der Waals surface area contributed by atoms with Gasteiger partial charge < -0.3 is 15.4 Å². The molecule has 0 spiro atoms. The van der Waals surface area contributed by atoms with Gasteiger partial charge in [-0.05, 0) is 67.7 Å². The van der Waals surface area contributed by atoms with Crippen LogP contribution in [0.15, 0.2) is 18.2 Å². The van der Waals surface area contributed by atoms with Crippen LogP contribution in [0.2, 0.25) is 10.0 Å². The minimum atomic E-state index is -0.386. The fourth-order valence-electron chi connectivity index (χ4n) is 3.86. The number of nitrogens with zero attached hydrogens (tertiary/aromatic N) is 1. The number of hydrogen-bond donors (Lipinski definition) is 1. The lowest BCUT2D eigenvalue weighted by molar-refractivity contribution is -0.136. The van der Waals surface area contributed by atoms with E-state index in [9.17, 15) is 4.79 Å². The Hall–Kier alpha value is -0.810. The molecule has 0 bridgehead atoms. The zero-order valence-corrected chi connectivity index (χ0v) is 15.9. The number of piperidine rings is 1. The number of benzene rings is 1. The first kappa shape index (κ1) is 19.0. The van der Waals surface area contributed by atoms with Crippen LogP contribution in [0.1, 0.15) is 31.2 Å². The van der Waals surface area contributed by atoms with Gasteiger partial charge in [0.25, 0.3) is 0 Å². The van der Waals surface area contributed by atoms with E-state index in [0.29, 0.717) is 19.1 Å². The Labute approximate surface area is 159 Å². The summed E-state index contributed by atoms with van der Waals surface area (Å²) in [6, 6.07) is 5.22. The lowest BCUT2D eigenvalue weighted by Gasteiger charge is -2.36. The predicted molar refractivity (Wildman–Crippen MR) is 101 cm³/mol. The van der Waals surface area contributed by atoms with Crippen LogP contribution in [-0.4, -0.2) is 43.2 Å². The van der Waals surface area contributed by atoms with Gasteiger partial charge in [0.2, 0.25) is 5.91 Å². The number of rotatable bonds is 4. The number of hydrogen-bond acceptors (Lipinski definition) is 3. The summed E-state index contributed by atoms with van der Waals surface area (Å²) in [6.07, 6.45) is 4.64. The zero-order chi connectivity index (χ0) is 17.8. The Morgan fingerprint density at radius 3 is 2.56 bits per heavy atom. The molecule has 2 fully saturated rings.